The Morgan fingerprint density at radius 2 is 1.82 bits per heavy atom. The summed E-state index contributed by atoms with van der Waals surface area (Å²) in [5, 5.41) is 29.9. The van der Waals surface area contributed by atoms with Gasteiger partial charge in [0.2, 0.25) is 0 Å². The smallest absolute Gasteiger partial charge is 0.163 e. The van der Waals surface area contributed by atoms with Gasteiger partial charge in [0, 0.05) is 17.6 Å². The molecule has 1 saturated heterocycles. The summed E-state index contributed by atoms with van der Waals surface area (Å²) in [6, 6.07) is 11.0. The van der Waals surface area contributed by atoms with E-state index in [1.54, 1.807) is 12.1 Å². The molecule has 22 heavy (non-hydrogen) atoms. The molecule has 0 aromatic heterocycles. The highest BCUT2D eigenvalue weighted by Crippen LogP contribution is 2.31. The van der Waals surface area contributed by atoms with Gasteiger partial charge in [-0.3, -0.25) is 0 Å². The first-order chi connectivity index (χ1) is 10.7. The molecule has 1 fully saturated rings. The average molecular weight is 358 g/mol. The van der Waals surface area contributed by atoms with Crippen molar-refractivity contribution in [3.8, 4) is 18.2 Å². The van der Waals surface area contributed by atoms with Gasteiger partial charge in [-0.15, -0.1) is 0 Å². The van der Waals surface area contributed by atoms with E-state index in [9.17, 15) is 5.26 Å². The molecule has 0 unspecified atom stereocenters. The molecule has 1 aromatic rings. The van der Waals surface area contributed by atoms with Crippen LogP contribution in [0.4, 0.5) is 11.4 Å². The van der Waals surface area contributed by atoms with Crippen molar-refractivity contribution in [3.05, 3.63) is 33.9 Å². The molecule has 0 radical (unpaired) electrons. The average Bonchev–Trinajstić information content (AvgIpc) is 2.56. The van der Waals surface area contributed by atoms with E-state index in [2.05, 4.69) is 26.1 Å². The Balaban J connectivity index is 2.40. The van der Waals surface area contributed by atoms with Gasteiger partial charge >= 0.3 is 0 Å². The molecular weight excluding hydrogens is 346 g/mol. The lowest BCUT2D eigenvalue weighted by atomic mass is 10.2. The molecule has 110 valence electrons. The Hall–Kier alpha value is -2.53. The first-order valence-electron chi connectivity index (χ1n) is 6.53. The number of rotatable bonds is 3. The van der Waals surface area contributed by atoms with Crippen LogP contribution in [-0.4, -0.2) is 26.3 Å². The Morgan fingerprint density at radius 3 is 2.41 bits per heavy atom. The Bertz CT molecular complexity index is 701. The second kappa shape index (κ2) is 7.47. The van der Waals surface area contributed by atoms with Gasteiger partial charge in [-0.05, 0) is 18.2 Å². The van der Waals surface area contributed by atoms with Gasteiger partial charge in [0.05, 0.1) is 24.6 Å². The number of allylic oxidation sites excluding steroid dienone is 2. The monoisotopic (exact) mass is 357 g/mol. The van der Waals surface area contributed by atoms with Crippen LogP contribution in [0.1, 0.15) is 0 Å². The van der Waals surface area contributed by atoms with Gasteiger partial charge in [-0.1, -0.05) is 15.9 Å². The van der Waals surface area contributed by atoms with Crippen molar-refractivity contribution in [1.82, 2.24) is 0 Å². The topological polar surface area (TPSA) is 95.9 Å². The van der Waals surface area contributed by atoms with Crippen molar-refractivity contribution in [3.63, 3.8) is 0 Å². The maximum absolute atomic E-state index is 9.17. The first-order valence-corrected chi connectivity index (χ1v) is 7.32. The van der Waals surface area contributed by atoms with Gasteiger partial charge in [0.1, 0.15) is 23.9 Å². The molecule has 0 amide bonds. The van der Waals surface area contributed by atoms with Crippen LogP contribution in [0.3, 0.4) is 0 Å². The zero-order valence-corrected chi connectivity index (χ0v) is 13.2. The summed E-state index contributed by atoms with van der Waals surface area (Å²) in [4.78, 5) is 2.13. The predicted molar refractivity (Wildman–Crippen MR) is 84.7 cm³/mol. The summed E-state index contributed by atoms with van der Waals surface area (Å²) in [5.41, 5.74) is 1.26. The minimum absolute atomic E-state index is 0.0578. The Morgan fingerprint density at radius 1 is 1.14 bits per heavy atom. The summed E-state index contributed by atoms with van der Waals surface area (Å²) in [5.74, 6) is 0. The van der Waals surface area contributed by atoms with Crippen LogP contribution in [0.15, 0.2) is 33.9 Å². The number of nitriles is 3. The van der Waals surface area contributed by atoms with E-state index in [0.29, 0.717) is 18.9 Å². The molecule has 1 aliphatic rings. The molecule has 1 aliphatic heterocycles. The number of anilines is 2. The van der Waals surface area contributed by atoms with Crippen LogP contribution in [0, 0.1) is 34.0 Å². The van der Waals surface area contributed by atoms with Crippen molar-refractivity contribution < 1.29 is 4.74 Å². The highest BCUT2D eigenvalue weighted by molar-refractivity contribution is 9.10. The SMILES string of the molecule is N#CC(C#N)=C(C#N)Nc1cc(Br)ccc1N1CCOCC1. The van der Waals surface area contributed by atoms with E-state index < -0.39 is 0 Å². The molecule has 1 aromatic carbocycles. The largest absolute Gasteiger partial charge is 0.378 e. The summed E-state index contributed by atoms with van der Waals surface area (Å²) in [6.07, 6.45) is 0. The number of halogens is 1. The number of hydrogen-bond donors (Lipinski definition) is 1. The van der Waals surface area contributed by atoms with Crippen molar-refractivity contribution in [2.24, 2.45) is 0 Å². The van der Waals surface area contributed by atoms with Crippen LogP contribution in [0.5, 0.6) is 0 Å². The van der Waals surface area contributed by atoms with Gasteiger partial charge in [-0.2, -0.15) is 15.8 Å². The van der Waals surface area contributed by atoms with E-state index in [-0.39, 0.29) is 11.3 Å². The number of morpholine rings is 1. The van der Waals surface area contributed by atoms with E-state index in [4.69, 9.17) is 15.3 Å². The molecule has 0 aliphatic carbocycles. The van der Waals surface area contributed by atoms with Crippen LogP contribution in [0.2, 0.25) is 0 Å². The first kappa shape index (κ1) is 15.9. The quantitative estimate of drug-likeness (QED) is 0.834. The summed E-state index contributed by atoms with van der Waals surface area (Å²) >= 11 is 3.39. The molecule has 0 spiro atoms. The highest BCUT2D eigenvalue weighted by Gasteiger charge is 2.16. The summed E-state index contributed by atoms with van der Waals surface area (Å²) in [6.45, 7) is 2.76. The van der Waals surface area contributed by atoms with Crippen molar-refractivity contribution >= 4 is 27.3 Å². The standard InChI is InChI=1S/C15H12BrN5O/c16-12-1-2-15(21-3-5-22-6-4-21)13(7-12)20-14(10-19)11(8-17)9-18/h1-2,7,20H,3-6H2. The lowest BCUT2D eigenvalue weighted by Crippen LogP contribution is -2.36. The normalized spacial score (nSPS) is 13.5. The van der Waals surface area contributed by atoms with Gasteiger partial charge in [0.25, 0.3) is 0 Å². The molecule has 0 bridgehead atoms. The van der Waals surface area contributed by atoms with Crippen LogP contribution in [0.25, 0.3) is 0 Å². The van der Waals surface area contributed by atoms with Crippen molar-refractivity contribution in [2.75, 3.05) is 36.5 Å². The van der Waals surface area contributed by atoms with E-state index in [1.165, 1.54) is 0 Å². The predicted octanol–water partition coefficient (Wildman–Crippen LogP) is 2.52. The van der Waals surface area contributed by atoms with Crippen molar-refractivity contribution in [1.29, 1.82) is 15.8 Å². The third-order valence-corrected chi connectivity index (χ3v) is 3.65. The maximum Gasteiger partial charge on any atom is 0.163 e. The number of ether oxygens (including phenoxy) is 1. The lowest BCUT2D eigenvalue weighted by molar-refractivity contribution is 0.123. The number of nitrogens with zero attached hydrogens (tertiary/aromatic N) is 4. The van der Waals surface area contributed by atoms with Gasteiger partial charge < -0.3 is 15.0 Å². The minimum Gasteiger partial charge on any atom is -0.378 e. The Labute approximate surface area is 136 Å². The molecule has 1 heterocycles. The van der Waals surface area contributed by atoms with Crippen LogP contribution in [-0.2, 0) is 4.74 Å². The third-order valence-electron chi connectivity index (χ3n) is 3.16. The van der Waals surface area contributed by atoms with E-state index >= 15 is 0 Å². The van der Waals surface area contributed by atoms with E-state index in [0.717, 1.165) is 23.2 Å². The van der Waals surface area contributed by atoms with Crippen LogP contribution >= 0.6 is 15.9 Å². The van der Waals surface area contributed by atoms with Gasteiger partial charge in [-0.25, -0.2) is 0 Å². The summed E-state index contributed by atoms with van der Waals surface area (Å²) < 4.78 is 6.17. The molecule has 0 atom stereocenters. The second-order valence-corrected chi connectivity index (χ2v) is 5.39. The lowest BCUT2D eigenvalue weighted by Gasteiger charge is -2.30. The highest BCUT2D eigenvalue weighted by atomic mass is 79.9. The fraction of sp³-hybridized carbons (Fsp3) is 0.267. The minimum atomic E-state index is -0.240. The molecule has 7 heteroatoms. The fourth-order valence-corrected chi connectivity index (χ4v) is 2.47. The van der Waals surface area contributed by atoms with E-state index in [1.807, 2.05) is 24.3 Å². The Kier molecular flexibility index (Phi) is 5.38. The number of nitrogens with one attached hydrogen (secondary N) is 1. The van der Waals surface area contributed by atoms with Crippen molar-refractivity contribution in [2.45, 2.75) is 0 Å². The molecular formula is C15H12BrN5O. The molecule has 1 N–H and O–H groups in total. The zero-order chi connectivity index (χ0) is 15.9. The number of benzene rings is 1. The zero-order valence-electron chi connectivity index (χ0n) is 11.6. The second-order valence-electron chi connectivity index (χ2n) is 4.47. The summed E-state index contributed by atoms with van der Waals surface area (Å²) in [7, 11) is 0. The molecule has 0 saturated carbocycles. The molecule has 2 rings (SSSR count). The fourth-order valence-electron chi connectivity index (χ4n) is 2.11. The number of hydrogen-bond acceptors (Lipinski definition) is 6. The van der Waals surface area contributed by atoms with Gasteiger partial charge in [0.15, 0.2) is 5.57 Å². The van der Waals surface area contributed by atoms with Crippen LogP contribution < -0.4 is 10.2 Å². The maximum atomic E-state index is 9.17. The third kappa shape index (κ3) is 3.56. The molecule has 6 nitrogen and oxygen atoms in total.